The quantitative estimate of drug-likeness (QED) is 0.763. The maximum atomic E-state index is 9.37. The molecule has 7 heteroatoms. The smallest absolute Gasteiger partial charge is 0.251 e. The molecule has 0 unspecified atom stereocenters. The van der Waals surface area contributed by atoms with Crippen LogP contribution in [0.2, 0.25) is 0 Å². The van der Waals surface area contributed by atoms with Crippen LogP contribution < -0.4 is 0 Å². The molecule has 0 aliphatic carbocycles. The van der Waals surface area contributed by atoms with Crippen LogP contribution in [0.1, 0.15) is 0 Å². The lowest BCUT2D eigenvalue weighted by atomic mass is 10.3. The van der Waals surface area contributed by atoms with Crippen LogP contribution in [-0.4, -0.2) is 20.4 Å². The third kappa shape index (κ3) is 2.26. The molecule has 2 N–H and O–H groups in total. The standard InChI is InChI=1S/C8H6N4O2S/c13-5-1-2-6(7(14)3-5)10-12-8-11-9-4-15-8/h1-4,13-14H. The van der Waals surface area contributed by atoms with E-state index in [-0.39, 0.29) is 17.2 Å². The first-order chi connectivity index (χ1) is 7.25. The lowest BCUT2D eigenvalue weighted by molar-refractivity contribution is 0.451. The van der Waals surface area contributed by atoms with E-state index in [2.05, 4.69) is 20.4 Å². The third-order valence-electron chi connectivity index (χ3n) is 1.55. The topological polar surface area (TPSA) is 91.0 Å². The Morgan fingerprint density at radius 1 is 1.20 bits per heavy atom. The van der Waals surface area contributed by atoms with E-state index in [1.54, 1.807) is 0 Å². The van der Waals surface area contributed by atoms with Gasteiger partial charge >= 0.3 is 0 Å². The normalized spacial score (nSPS) is 10.9. The number of aromatic hydroxyl groups is 2. The van der Waals surface area contributed by atoms with Crippen LogP contribution >= 0.6 is 11.3 Å². The molecular weight excluding hydrogens is 216 g/mol. The Kier molecular flexibility index (Phi) is 2.55. The largest absolute Gasteiger partial charge is 0.508 e. The van der Waals surface area contributed by atoms with E-state index in [9.17, 15) is 5.11 Å². The van der Waals surface area contributed by atoms with Crippen molar-refractivity contribution in [2.45, 2.75) is 0 Å². The number of hydrogen-bond acceptors (Lipinski definition) is 7. The van der Waals surface area contributed by atoms with Gasteiger partial charge in [0.05, 0.1) is 0 Å². The summed E-state index contributed by atoms with van der Waals surface area (Å²) in [5, 5.41) is 33.6. The van der Waals surface area contributed by atoms with Crippen molar-refractivity contribution in [2.75, 3.05) is 0 Å². The van der Waals surface area contributed by atoms with Crippen molar-refractivity contribution in [2.24, 2.45) is 10.2 Å². The van der Waals surface area contributed by atoms with Gasteiger partial charge in [-0.25, -0.2) is 0 Å². The predicted molar refractivity (Wildman–Crippen MR) is 53.9 cm³/mol. The Balaban J connectivity index is 2.24. The summed E-state index contributed by atoms with van der Waals surface area (Å²) in [5.74, 6) is -0.161. The minimum Gasteiger partial charge on any atom is -0.508 e. The minimum atomic E-state index is -0.136. The van der Waals surface area contributed by atoms with Gasteiger partial charge in [0.25, 0.3) is 5.13 Å². The summed E-state index contributed by atoms with van der Waals surface area (Å²) in [4.78, 5) is 0. The fraction of sp³-hybridized carbons (Fsp3) is 0. The molecule has 1 aromatic heterocycles. The van der Waals surface area contributed by atoms with Gasteiger partial charge in [-0.05, 0) is 12.1 Å². The number of phenols is 2. The van der Waals surface area contributed by atoms with Crippen LogP contribution in [0.15, 0.2) is 33.9 Å². The monoisotopic (exact) mass is 222 g/mol. The summed E-state index contributed by atoms with van der Waals surface area (Å²) < 4.78 is 0. The highest BCUT2D eigenvalue weighted by Crippen LogP contribution is 2.31. The highest BCUT2D eigenvalue weighted by molar-refractivity contribution is 7.13. The number of rotatable bonds is 2. The highest BCUT2D eigenvalue weighted by atomic mass is 32.1. The van der Waals surface area contributed by atoms with E-state index in [0.29, 0.717) is 5.13 Å². The fourth-order valence-corrected chi connectivity index (χ4v) is 1.27. The van der Waals surface area contributed by atoms with E-state index in [4.69, 9.17) is 5.11 Å². The first-order valence-corrected chi connectivity index (χ1v) is 4.83. The molecule has 1 aromatic carbocycles. The molecule has 2 rings (SSSR count). The van der Waals surface area contributed by atoms with Crippen LogP contribution in [0.25, 0.3) is 0 Å². The zero-order valence-electron chi connectivity index (χ0n) is 7.40. The summed E-state index contributed by atoms with van der Waals surface area (Å²) >= 11 is 1.24. The van der Waals surface area contributed by atoms with Crippen LogP contribution in [0, 0.1) is 0 Å². The van der Waals surface area contributed by atoms with Gasteiger partial charge in [0, 0.05) is 6.07 Å². The van der Waals surface area contributed by atoms with Gasteiger partial charge in [-0.1, -0.05) is 11.3 Å². The summed E-state index contributed by atoms with van der Waals surface area (Å²) in [6, 6.07) is 4.05. The fourth-order valence-electron chi connectivity index (χ4n) is 0.904. The molecular formula is C8H6N4O2S. The molecule has 0 amide bonds. The number of hydrogen-bond donors (Lipinski definition) is 2. The minimum absolute atomic E-state index is 0.0256. The highest BCUT2D eigenvalue weighted by Gasteiger charge is 2.01. The zero-order valence-corrected chi connectivity index (χ0v) is 8.22. The molecule has 0 spiro atoms. The van der Waals surface area contributed by atoms with Crippen molar-refractivity contribution in [3.8, 4) is 11.5 Å². The van der Waals surface area contributed by atoms with E-state index in [1.165, 1.54) is 35.0 Å². The van der Waals surface area contributed by atoms with Gasteiger partial charge in [-0.3, -0.25) is 0 Å². The van der Waals surface area contributed by atoms with Crippen molar-refractivity contribution < 1.29 is 10.2 Å². The molecule has 0 bridgehead atoms. The second-order valence-corrected chi connectivity index (χ2v) is 3.41. The molecule has 0 fully saturated rings. The van der Waals surface area contributed by atoms with E-state index < -0.39 is 0 Å². The van der Waals surface area contributed by atoms with Crippen molar-refractivity contribution >= 4 is 22.2 Å². The van der Waals surface area contributed by atoms with E-state index in [1.807, 2.05) is 0 Å². The van der Waals surface area contributed by atoms with Crippen molar-refractivity contribution in [3.05, 3.63) is 23.7 Å². The first-order valence-electron chi connectivity index (χ1n) is 3.95. The van der Waals surface area contributed by atoms with E-state index >= 15 is 0 Å². The molecule has 0 radical (unpaired) electrons. The summed E-state index contributed by atoms with van der Waals surface area (Å²) in [6.45, 7) is 0. The van der Waals surface area contributed by atoms with Gasteiger partial charge in [0.1, 0.15) is 22.7 Å². The van der Waals surface area contributed by atoms with Crippen LogP contribution in [0.3, 0.4) is 0 Å². The van der Waals surface area contributed by atoms with Crippen LogP contribution in [-0.2, 0) is 0 Å². The van der Waals surface area contributed by atoms with Crippen LogP contribution in [0.4, 0.5) is 10.8 Å². The lowest BCUT2D eigenvalue weighted by Crippen LogP contribution is -1.68. The number of azo groups is 1. The van der Waals surface area contributed by atoms with Crippen molar-refractivity contribution in [1.82, 2.24) is 10.2 Å². The zero-order chi connectivity index (χ0) is 10.7. The van der Waals surface area contributed by atoms with Gasteiger partial charge in [-0.2, -0.15) is 0 Å². The second-order valence-electron chi connectivity index (χ2n) is 2.59. The molecule has 0 aliphatic rings. The molecule has 0 saturated carbocycles. The summed E-state index contributed by atoms with van der Waals surface area (Å²) in [7, 11) is 0. The molecule has 1 heterocycles. The Bertz CT molecular complexity index is 483. The average molecular weight is 222 g/mol. The second kappa shape index (κ2) is 4.01. The third-order valence-corrected chi connectivity index (χ3v) is 2.12. The summed E-state index contributed by atoms with van der Waals surface area (Å²) in [6.07, 6.45) is 0. The van der Waals surface area contributed by atoms with Gasteiger partial charge in [0.15, 0.2) is 0 Å². The molecule has 0 aliphatic heterocycles. The molecule has 76 valence electrons. The molecule has 0 atom stereocenters. The number of aromatic nitrogens is 2. The molecule has 6 nitrogen and oxygen atoms in total. The predicted octanol–water partition coefficient (Wildman–Crippen LogP) is 2.36. The summed E-state index contributed by atoms with van der Waals surface area (Å²) in [5.41, 5.74) is 1.80. The van der Waals surface area contributed by atoms with E-state index in [0.717, 1.165) is 0 Å². The Morgan fingerprint density at radius 3 is 2.73 bits per heavy atom. The molecule has 0 saturated heterocycles. The first kappa shape index (κ1) is 9.53. The maximum absolute atomic E-state index is 9.37. The molecule has 2 aromatic rings. The number of phenolic OH excluding ortho intramolecular Hbond substituents is 2. The Hall–Kier alpha value is -2.02. The van der Waals surface area contributed by atoms with Gasteiger partial charge < -0.3 is 10.2 Å². The Labute approximate surface area is 88.6 Å². The maximum Gasteiger partial charge on any atom is 0.251 e. The SMILES string of the molecule is Oc1ccc(N=Nc2nncs2)c(O)c1. The van der Waals surface area contributed by atoms with Crippen LogP contribution in [0.5, 0.6) is 11.5 Å². The van der Waals surface area contributed by atoms with Gasteiger partial charge in [0.2, 0.25) is 0 Å². The Morgan fingerprint density at radius 2 is 2.07 bits per heavy atom. The molecule has 15 heavy (non-hydrogen) atoms. The van der Waals surface area contributed by atoms with Gasteiger partial charge in [-0.15, -0.1) is 20.4 Å². The van der Waals surface area contributed by atoms with Crippen molar-refractivity contribution in [3.63, 3.8) is 0 Å². The average Bonchev–Trinajstić information content (AvgIpc) is 2.69. The van der Waals surface area contributed by atoms with Crippen molar-refractivity contribution in [1.29, 1.82) is 0 Å². The number of nitrogens with zero attached hydrogens (tertiary/aromatic N) is 4. The number of benzene rings is 1. The lowest BCUT2D eigenvalue weighted by Gasteiger charge is -1.96.